The molecule has 1 aliphatic carbocycles. The van der Waals surface area contributed by atoms with E-state index in [1.54, 1.807) is 35.3 Å². The van der Waals surface area contributed by atoms with E-state index in [9.17, 15) is 14.7 Å². The van der Waals surface area contributed by atoms with Gasteiger partial charge in [-0.25, -0.2) is 4.98 Å². The Morgan fingerprint density at radius 2 is 1.80 bits per heavy atom. The van der Waals surface area contributed by atoms with Crippen LogP contribution in [0.1, 0.15) is 45.1 Å². The Morgan fingerprint density at radius 1 is 1.00 bits per heavy atom. The number of aliphatic hydroxyl groups is 1. The van der Waals surface area contributed by atoms with Crippen LogP contribution in [0.25, 0.3) is 11.1 Å². The second kappa shape index (κ2) is 11.4. The van der Waals surface area contributed by atoms with Gasteiger partial charge in [0.05, 0.1) is 29.1 Å². The highest BCUT2D eigenvalue weighted by atomic mass is 32.1. The Bertz CT molecular complexity index is 1840. The molecule has 0 spiro atoms. The predicted molar refractivity (Wildman–Crippen MR) is 181 cm³/mol. The van der Waals surface area contributed by atoms with E-state index in [1.165, 1.54) is 16.0 Å². The Labute approximate surface area is 267 Å². The minimum Gasteiger partial charge on any atom is -0.392 e. The van der Waals surface area contributed by atoms with Crippen LogP contribution in [0.4, 0.5) is 22.9 Å². The van der Waals surface area contributed by atoms with Crippen molar-refractivity contribution in [2.45, 2.75) is 39.7 Å². The van der Waals surface area contributed by atoms with Gasteiger partial charge in [0.25, 0.3) is 11.5 Å². The lowest BCUT2D eigenvalue weighted by atomic mass is 9.89. The number of carbonyl (C=O) groups excluding carboxylic acids is 1. The van der Waals surface area contributed by atoms with E-state index < -0.39 is 0 Å². The van der Waals surface area contributed by atoms with Crippen LogP contribution in [0.2, 0.25) is 0 Å². The number of benzene rings is 1. The van der Waals surface area contributed by atoms with E-state index in [1.807, 2.05) is 41.3 Å². The zero-order valence-electron chi connectivity index (χ0n) is 26.4. The van der Waals surface area contributed by atoms with Crippen molar-refractivity contribution in [1.29, 1.82) is 0 Å². The second-order valence-corrected chi connectivity index (χ2v) is 14.5. The summed E-state index contributed by atoms with van der Waals surface area (Å²) in [5.74, 6) is 0.936. The number of amides is 1. The second-order valence-electron chi connectivity index (χ2n) is 13.4. The molecule has 0 unspecified atom stereocenters. The van der Waals surface area contributed by atoms with E-state index >= 15 is 0 Å². The summed E-state index contributed by atoms with van der Waals surface area (Å²) in [5, 5.41) is 13.9. The molecule has 2 N–H and O–H groups in total. The first kappa shape index (κ1) is 29.7. The lowest BCUT2D eigenvalue weighted by molar-refractivity contribution is 0.0984. The highest BCUT2D eigenvalue weighted by molar-refractivity contribution is 7.14. The molecule has 1 aromatic carbocycles. The van der Waals surface area contributed by atoms with Crippen LogP contribution in [-0.2, 0) is 32.9 Å². The first-order valence-corrected chi connectivity index (χ1v) is 16.5. The number of aryl methyl sites for hydroxylation is 1. The topological polar surface area (TPSA) is 93.9 Å². The van der Waals surface area contributed by atoms with Crippen molar-refractivity contribution in [3.05, 3.63) is 85.6 Å². The smallest absolute Gasteiger partial charge is 0.274 e. The Kier molecular flexibility index (Phi) is 7.54. The summed E-state index contributed by atoms with van der Waals surface area (Å²) in [6.07, 6.45) is 6.40. The van der Waals surface area contributed by atoms with Crippen molar-refractivity contribution in [1.82, 2.24) is 14.5 Å². The molecule has 9 nitrogen and oxygen atoms in total. The van der Waals surface area contributed by atoms with Crippen molar-refractivity contribution in [3.63, 3.8) is 0 Å². The summed E-state index contributed by atoms with van der Waals surface area (Å²) in [6.45, 7) is 8.80. The maximum absolute atomic E-state index is 13.9. The maximum Gasteiger partial charge on any atom is 0.274 e. The Morgan fingerprint density at radius 3 is 2.53 bits per heavy atom. The molecule has 45 heavy (non-hydrogen) atoms. The fourth-order valence-electron chi connectivity index (χ4n) is 7.04. The molecule has 5 heterocycles. The molecule has 3 aromatic heterocycles. The molecular weight excluding hydrogens is 584 g/mol. The third kappa shape index (κ3) is 5.45. The number of nitrogens with zero attached hydrogens (tertiary/aromatic N) is 5. The number of hydrogen-bond donors (Lipinski definition) is 2. The van der Waals surface area contributed by atoms with Crippen molar-refractivity contribution in [3.8, 4) is 11.1 Å². The van der Waals surface area contributed by atoms with E-state index in [0.717, 1.165) is 73.0 Å². The van der Waals surface area contributed by atoms with E-state index in [4.69, 9.17) is 0 Å². The number of carbonyl (C=O) groups is 1. The summed E-state index contributed by atoms with van der Waals surface area (Å²) >= 11 is 1.65. The van der Waals surface area contributed by atoms with Gasteiger partial charge in [-0.1, -0.05) is 26.0 Å². The minimum absolute atomic E-state index is 0.00986. The third-order valence-electron chi connectivity index (χ3n) is 9.47. The molecule has 0 atom stereocenters. The van der Waals surface area contributed by atoms with E-state index in [-0.39, 0.29) is 23.5 Å². The molecule has 7 rings (SSSR count). The van der Waals surface area contributed by atoms with Crippen molar-refractivity contribution >= 4 is 40.1 Å². The molecular formula is C35H40N6O3S. The number of hydrogen-bond acceptors (Lipinski definition) is 8. The Balaban J connectivity index is 1.17. The van der Waals surface area contributed by atoms with Gasteiger partial charge in [0.1, 0.15) is 11.5 Å². The van der Waals surface area contributed by atoms with Gasteiger partial charge >= 0.3 is 0 Å². The van der Waals surface area contributed by atoms with Gasteiger partial charge in [0.2, 0.25) is 0 Å². The van der Waals surface area contributed by atoms with Gasteiger partial charge in [-0.05, 0) is 72.7 Å². The van der Waals surface area contributed by atoms with Crippen LogP contribution in [-0.4, -0.2) is 65.2 Å². The van der Waals surface area contributed by atoms with Crippen LogP contribution in [0.3, 0.4) is 0 Å². The quantitative estimate of drug-likeness (QED) is 0.318. The average Bonchev–Trinajstić information content (AvgIpc) is 3.52. The van der Waals surface area contributed by atoms with Gasteiger partial charge in [0.15, 0.2) is 0 Å². The molecule has 3 aliphatic rings. The molecule has 1 saturated heterocycles. The molecule has 0 bridgehead atoms. The number of aliphatic hydroxyl groups excluding tert-OH is 1. The van der Waals surface area contributed by atoms with Crippen LogP contribution in [0, 0.1) is 5.41 Å². The maximum atomic E-state index is 13.9. The molecule has 0 radical (unpaired) electrons. The standard InChI is InChI=1S/C35H40N6O3S/c1-35(2)17-26-25-10-11-41(34(44)32(25)45-30(26)18-35)29-7-5-6-24(27(29)21-42)22-16-28(33(43)39(4)20-22)37-23-8-9-31(36-19-23)40-14-12-38(3)13-15-40/h5-9,16,19-20,37,42H,10-15,17-18,21H2,1-4H3. The predicted octanol–water partition coefficient (Wildman–Crippen LogP) is 4.82. The van der Waals surface area contributed by atoms with Crippen LogP contribution < -0.4 is 20.7 Å². The Hall–Kier alpha value is -3.99. The minimum atomic E-state index is -0.236. The third-order valence-corrected chi connectivity index (χ3v) is 10.7. The molecule has 10 heteroatoms. The zero-order chi connectivity index (χ0) is 31.5. The number of likely N-dealkylation sites (N-methyl/N-ethyl adjacent to an activating group) is 1. The summed E-state index contributed by atoms with van der Waals surface area (Å²) in [4.78, 5) is 40.3. The van der Waals surface area contributed by atoms with Gasteiger partial charge < -0.3 is 29.7 Å². The number of pyridine rings is 2. The summed E-state index contributed by atoms with van der Waals surface area (Å²) < 4.78 is 1.55. The monoisotopic (exact) mass is 624 g/mol. The molecule has 4 aromatic rings. The molecule has 2 aliphatic heterocycles. The summed E-state index contributed by atoms with van der Waals surface area (Å²) in [5.41, 5.74) is 6.77. The number of fused-ring (bicyclic) bond motifs is 3. The van der Waals surface area contributed by atoms with Crippen LogP contribution in [0.15, 0.2) is 53.6 Å². The van der Waals surface area contributed by atoms with Gasteiger partial charge in [0, 0.05) is 62.0 Å². The number of aromatic nitrogens is 2. The van der Waals surface area contributed by atoms with Gasteiger partial charge in [-0.15, -0.1) is 11.3 Å². The fourth-order valence-corrected chi connectivity index (χ4v) is 8.61. The molecule has 0 saturated carbocycles. The highest BCUT2D eigenvalue weighted by Gasteiger charge is 2.38. The molecule has 234 valence electrons. The highest BCUT2D eigenvalue weighted by Crippen LogP contribution is 2.46. The van der Waals surface area contributed by atoms with E-state index in [0.29, 0.717) is 23.5 Å². The van der Waals surface area contributed by atoms with Crippen molar-refractivity contribution in [2.24, 2.45) is 12.5 Å². The van der Waals surface area contributed by atoms with Gasteiger partial charge in [-0.3, -0.25) is 9.59 Å². The number of piperazine rings is 1. The number of thiophene rings is 1. The lowest BCUT2D eigenvalue weighted by Gasteiger charge is -2.33. The van der Waals surface area contributed by atoms with E-state index in [2.05, 4.69) is 41.0 Å². The zero-order valence-corrected chi connectivity index (χ0v) is 27.2. The number of nitrogens with one attached hydrogen (secondary N) is 1. The van der Waals surface area contributed by atoms with Crippen molar-refractivity contribution in [2.75, 3.05) is 54.9 Å². The normalized spacial score (nSPS) is 17.8. The first-order chi connectivity index (χ1) is 21.6. The van der Waals surface area contributed by atoms with Crippen LogP contribution >= 0.6 is 11.3 Å². The van der Waals surface area contributed by atoms with Gasteiger partial charge in [-0.2, -0.15) is 0 Å². The molecule has 1 amide bonds. The van der Waals surface area contributed by atoms with Crippen LogP contribution in [0.5, 0.6) is 0 Å². The largest absolute Gasteiger partial charge is 0.392 e. The fraction of sp³-hybridized carbons (Fsp3) is 0.400. The number of rotatable bonds is 6. The first-order valence-electron chi connectivity index (χ1n) is 15.7. The number of anilines is 4. The average molecular weight is 625 g/mol. The SMILES string of the molecule is CN1CCN(c2ccc(Nc3cc(-c4cccc(N5CCc6c(sc7c6CC(C)(C)C7)C5=O)c4CO)cn(C)c3=O)cn2)CC1. The molecule has 1 fully saturated rings. The summed E-state index contributed by atoms with van der Waals surface area (Å²) in [6, 6.07) is 11.5. The van der Waals surface area contributed by atoms with Crippen molar-refractivity contribution < 1.29 is 9.90 Å². The lowest BCUT2D eigenvalue weighted by Crippen LogP contribution is -2.44. The summed E-state index contributed by atoms with van der Waals surface area (Å²) in [7, 11) is 3.85.